The summed E-state index contributed by atoms with van der Waals surface area (Å²) in [5.41, 5.74) is 17.5. The number of halogens is 2. The molecule has 0 aliphatic heterocycles. The van der Waals surface area contributed by atoms with Gasteiger partial charge in [0.15, 0.2) is 0 Å². The Morgan fingerprint density at radius 3 is 1.14 bits per heavy atom. The monoisotopic (exact) mass is 858 g/mol. The maximum atomic E-state index is 2.79. The van der Waals surface area contributed by atoms with E-state index < -0.39 is 17.4 Å². The molecule has 0 fully saturated rings. The first-order valence-corrected chi connectivity index (χ1v) is 33.2. The van der Waals surface area contributed by atoms with E-state index in [0.29, 0.717) is 7.25 Å². The second kappa shape index (κ2) is 13.8. The molecule has 276 valence electrons. The Labute approximate surface area is 346 Å². The van der Waals surface area contributed by atoms with E-state index >= 15 is 0 Å². The van der Waals surface area contributed by atoms with Crippen molar-refractivity contribution in [2.75, 3.05) is 0 Å². The molecule has 2 aliphatic rings. The Kier molecular flexibility index (Phi) is 9.57. The molecule has 10 rings (SSSR count). The fourth-order valence-electron chi connectivity index (χ4n) is 11.2. The molecular formula is C52H46Cl2SiZr. The quantitative estimate of drug-likeness (QED) is 0.126. The van der Waals surface area contributed by atoms with E-state index in [0.717, 1.165) is 0 Å². The summed E-state index contributed by atoms with van der Waals surface area (Å²) in [6.07, 6.45) is 0. The fraction of sp³-hybridized carbons (Fsp3) is 0.154. The standard InChI is InChI=1S/2C25H19.2CH3.2ClH.H2Si.Zr/c2*1-16-10-11-22-21(12-16)13-17(2)25(22)23-9-5-8-20-14-18-6-3-4-7-19(18)15-24(20)23;;;;;;/h2*3-15H,1-2H3;2*1H3;2*1H;1H2;/q;;;;;;;+2/p-2. The molecule has 0 aromatic heterocycles. The largest absolute Gasteiger partial charge is 1.00 e. The van der Waals surface area contributed by atoms with Gasteiger partial charge in [0, 0.05) is 0 Å². The second-order valence-electron chi connectivity index (χ2n) is 17.6. The molecule has 0 heterocycles. The minimum atomic E-state index is -3.96. The predicted molar refractivity (Wildman–Crippen MR) is 234 cm³/mol. The number of allylic oxidation sites excluding steroid dienone is 2. The van der Waals surface area contributed by atoms with Gasteiger partial charge in [0.25, 0.3) is 0 Å². The van der Waals surface area contributed by atoms with Crippen LogP contribution in [-0.4, -0.2) is 6.88 Å². The SMILES string of the molecule is CC1=C(c2cccc3cc4ccccc4cc23)c2ccc(C)cc2[CH]1[Zr+2]([CH3])([CH3])(=[SiH2])[CH]1C(C)=C(c2cccc3cc4ccccc4cc23)c2ccc(C)cc21.[Cl-].[Cl-]. The molecule has 8 aromatic carbocycles. The normalized spacial score (nSPS) is 16.2. The van der Waals surface area contributed by atoms with Crippen molar-refractivity contribution < 1.29 is 42.2 Å². The van der Waals surface area contributed by atoms with Crippen LogP contribution in [0.25, 0.3) is 54.2 Å². The van der Waals surface area contributed by atoms with Crippen LogP contribution in [-0.2, 0) is 17.4 Å². The molecule has 0 radical (unpaired) electrons. The molecule has 0 saturated carbocycles. The van der Waals surface area contributed by atoms with Gasteiger partial charge in [0.2, 0.25) is 0 Å². The molecule has 0 nitrogen and oxygen atoms in total. The van der Waals surface area contributed by atoms with Crippen LogP contribution in [0.3, 0.4) is 0 Å². The first-order valence-electron chi connectivity index (χ1n) is 19.5. The maximum absolute atomic E-state index is 3.96. The number of benzene rings is 8. The molecule has 2 atom stereocenters. The summed E-state index contributed by atoms with van der Waals surface area (Å²) in [7, 11) is 0. The Morgan fingerprint density at radius 2 is 0.750 bits per heavy atom. The molecule has 0 amide bonds. The summed E-state index contributed by atoms with van der Waals surface area (Å²) in [6.45, 7) is 12.0. The summed E-state index contributed by atoms with van der Waals surface area (Å²) >= 11 is -3.96. The third-order valence-electron chi connectivity index (χ3n) is 13.2. The summed E-state index contributed by atoms with van der Waals surface area (Å²) < 4.78 is 6.41. The Morgan fingerprint density at radius 1 is 0.393 bits per heavy atom. The summed E-state index contributed by atoms with van der Waals surface area (Å²) in [4.78, 5) is 0. The van der Waals surface area contributed by atoms with Crippen LogP contribution in [0.5, 0.6) is 0 Å². The van der Waals surface area contributed by atoms with Crippen molar-refractivity contribution in [2.45, 2.75) is 44.2 Å². The van der Waals surface area contributed by atoms with Crippen molar-refractivity contribution in [3.05, 3.63) is 201 Å². The molecule has 8 aromatic rings. The van der Waals surface area contributed by atoms with Gasteiger partial charge in [-0.05, 0) is 0 Å². The Bertz CT molecular complexity index is 2890. The van der Waals surface area contributed by atoms with Gasteiger partial charge >= 0.3 is 324 Å². The number of fused-ring (bicyclic) bond motifs is 6. The van der Waals surface area contributed by atoms with Crippen molar-refractivity contribution in [3.8, 4) is 0 Å². The van der Waals surface area contributed by atoms with Crippen molar-refractivity contribution >= 4 is 61.1 Å². The number of rotatable bonds is 4. The van der Waals surface area contributed by atoms with Gasteiger partial charge in [-0.2, -0.15) is 0 Å². The minimum absolute atomic E-state index is 0. The zero-order valence-electron chi connectivity index (χ0n) is 33.0. The molecule has 2 unspecified atom stereocenters. The second-order valence-corrected chi connectivity index (χ2v) is 48.0. The first kappa shape index (κ1) is 38.8. The summed E-state index contributed by atoms with van der Waals surface area (Å²) in [5.74, 6) is 0. The zero-order valence-corrected chi connectivity index (χ0v) is 38.4. The van der Waals surface area contributed by atoms with E-state index in [4.69, 9.17) is 0 Å². The van der Waals surface area contributed by atoms with Gasteiger partial charge in [-0.25, -0.2) is 0 Å². The predicted octanol–water partition coefficient (Wildman–Crippen LogP) is 7.71. The number of aryl methyl sites for hydroxylation is 2. The fourth-order valence-corrected chi connectivity index (χ4v) is 32.1. The van der Waals surface area contributed by atoms with Crippen LogP contribution in [0.1, 0.15) is 65.6 Å². The van der Waals surface area contributed by atoms with E-state index in [1.807, 2.05) is 0 Å². The third-order valence-corrected chi connectivity index (χ3v) is 31.0. The van der Waals surface area contributed by atoms with Crippen LogP contribution in [0, 0.1) is 13.8 Å². The molecule has 56 heavy (non-hydrogen) atoms. The van der Waals surface area contributed by atoms with E-state index in [1.165, 1.54) is 87.6 Å². The number of hydrogen-bond donors (Lipinski definition) is 0. The molecule has 0 N–H and O–H groups in total. The van der Waals surface area contributed by atoms with Crippen LogP contribution < -0.4 is 24.8 Å². The molecule has 0 bridgehead atoms. The molecular weight excluding hydrogens is 815 g/mol. The summed E-state index contributed by atoms with van der Waals surface area (Å²) in [6, 6.07) is 55.8. The average Bonchev–Trinajstić information content (AvgIpc) is 3.62. The van der Waals surface area contributed by atoms with Crippen molar-refractivity contribution in [1.29, 1.82) is 0 Å². The van der Waals surface area contributed by atoms with Gasteiger partial charge in [-0.1, -0.05) is 0 Å². The molecule has 4 heteroatoms. The van der Waals surface area contributed by atoms with Crippen molar-refractivity contribution in [2.24, 2.45) is 0 Å². The van der Waals surface area contributed by atoms with Gasteiger partial charge in [0.1, 0.15) is 0 Å². The van der Waals surface area contributed by atoms with Gasteiger partial charge < -0.3 is 24.8 Å². The first-order chi connectivity index (χ1) is 26.0. The van der Waals surface area contributed by atoms with Gasteiger partial charge in [-0.3, -0.25) is 0 Å². The van der Waals surface area contributed by atoms with E-state index in [9.17, 15) is 0 Å². The number of hydrogen-bond acceptors (Lipinski definition) is 0. The van der Waals surface area contributed by atoms with E-state index in [1.54, 1.807) is 22.3 Å². The van der Waals surface area contributed by atoms with Crippen molar-refractivity contribution in [1.82, 2.24) is 0 Å². The molecule has 0 spiro atoms. The van der Waals surface area contributed by atoms with E-state index in [-0.39, 0.29) is 24.8 Å². The summed E-state index contributed by atoms with van der Waals surface area (Å²) in [5, 5.41) is 10.5. The zero-order chi connectivity index (χ0) is 37.1. The molecule has 2 aliphatic carbocycles. The van der Waals surface area contributed by atoms with Gasteiger partial charge in [0.05, 0.1) is 0 Å². The topological polar surface area (TPSA) is 0 Å². The smallest absolute Gasteiger partial charge is 1.00 e. The molecule has 0 saturated heterocycles. The van der Waals surface area contributed by atoms with Crippen LogP contribution in [0.2, 0.25) is 9.26 Å². The Hall–Kier alpha value is -4.04. The van der Waals surface area contributed by atoms with Crippen LogP contribution in [0.15, 0.2) is 157 Å². The van der Waals surface area contributed by atoms with Gasteiger partial charge in [-0.15, -0.1) is 0 Å². The maximum Gasteiger partial charge on any atom is -1.00 e. The van der Waals surface area contributed by atoms with Crippen LogP contribution >= 0.6 is 0 Å². The van der Waals surface area contributed by atoms with Crippen molar-refractivity contribution in [3.63, 3.8) is 0 Å². The van der Waals surface area contributed by atoms with Crippen LogP contribution in [0.4, 0.5) is 0 Å². The third kappa shape index (κ3) is 5.78. The Balaban J connectivity index is 0.00000220. The van der Waals surface area contributed by atoms with E-state index in [2.05, 4.69) is 189 Å². The average molecular weight is 861 g/mol. The minimum Gasteiger partial charge on any atom is -1.00 e.